The molecule has 1 unspecified atom stereocenters. The van der Waals surface area contributed by atoms with Gasteiger partial charge in [0.05, 0.1) is 16.1 Å². The number of thiophene rings is 1. The van der Waals surface area contributed by atoms with Crippen LogP contribution in [-0.4, -0.2) is 0 Å². The van der Waals surface area contributed by atoms with Crippen molar-refractivity contribution >= 4 is 34.5 Å². The molecule has 0 amide bonds. The fraction of sp³-hybridized carbons (Fsp3) is 0.231. The second-order valence-electron chi connectivity index (χ2n) is 3.81. The number of rotatable bonds is 3. The molecule has 2 rings (SSSR count). The van der Waals surface area contributed by atoms with Gasteiger partial charge in [-0.05, 0) is 36.2 Å². The van der Waals surface area contributed by atoms with E-state index in [0.717, 1.165) is 16.9 Å². The van der Waals surface area contributed by atoms with Crippen molar-refractivity contribution in [3.05, 3.63) is 55.7 Å². The zero-order valence-corrected chi connectivity index (χ0v) is 11.7. The van der Waals surface area contributed by atoms with Gasteiger partial charge in [0.15, 0.2) is 0 Å². The van der Waals surface area contributed by atoms with E-state index in [1.54, 1.807) is 17.4 Å². The van der Waals surface area contributed by atoms with Crippen molar-refractivity contribution in [3.8, 4) is 0 Å². The molecule has 0 aliphatic carbocycles. The fourth-order valence-electron chi connectivity index (χ4n) is 1.62. The predicted octanol–water partition coefficient (Wildman–Crippen LogP) is 4.67. The maximum absolute atomic E-state index is 6.21. The highest BCUT2D eigenvalue weighted by Crippen LogP contribution is 2.30. The molecule has 2 aromatic rings. The molecule has 1 aromatic heterocycles. The third-order valence-corrected chi connectivity index (χ3v) is 4.69. The van der Waals surface area contributed by atoms with Crippen molar-refractivity contribution in [3.63, 3.8) is 0 Å². The monoisotopic (exact) mass is 285 g/mol. The summed E-state index contributed by atoms with van der Waals surface area (Å²) in [5.74, 6) is 0. The highest BCUT2D eigenvalue weighted by molar-refractivity contribution is 7.12. The molecule has 0 radical (unpaired) electrons. The number of aryl methyl sites for hydroxylation is 1. The van der Waals surface area contributed by atoms with Gasteiger partial charge in [-0.2, -0.15) is 0 Å². The third kappa shape index (κ3) is 2.83. The van der Waals surface area contributed by atoms with E-state index < -0.39 is 0 Å². The standard InChI is InChI=1S/C13H13Cl2NS/c1-2-9-4-6-12(17-9)13(16)8-3-5-10(14)11(15)7-8/h3-7,13H,2,16H2,1H3. The molecule has 0 saturated carbocycles. The third-order valence-electron chi connectivity index (χ3n) is 2.64. The lowest BCUT2D eigenvalue weighted by atomic mass is 10.1. The SMILES string of the molecule is CCc1ccc(C(N)c2ccc(Cl)c(Cl)c2)s1. The molecule has 1 heterocycles. The molecule has 1 atom stereocenters. The van der Waals surface area contributed by atoms with Crippen molar-refractivity contribution in [2.75, 3.05) is 0 Å². The molecule has 0 saturated heterocycles. The van der Waals surface area contributed by atoms with Crippen LogP contribution in [0.15, 0.2) is 30.3 Å². The number of hydrogen-bond donors (Lipinski definition) is 1. The lowest BCUT2D eigenvalue weighted by Gasteiger charge is -2.10. The molecule has 0 aliphatic rings. The smallest absolute Gasteiger partial charge is 0.0646 e. The van der Waals surface area contributed by atoms with Crippen LogP contribution in [0.5, 0.6) is 0 Å². The Hall–Kier alpha value is -0.540. The van der Waals surface area contributed by atoms with E-state index in [9.17, 15) is 0 Å². The van der Waals surface area contributed by atoms with Crippen molar-refractivity contribution in [1.29, 1.82) is 0 Å². The molecular formula is C13H13Cl2NS. The Morgan fingerprint density at radius 2 is 1.94 bits per heavy atom. The molecule has 0 spiro atoms. The number of nitrogens with two attached hydrogens (primary N) is 1. The van der Waals surface area contributed by atoms with Gasteiger partial charge in [-0.25, -0.2) is 0 Å². The Kier molecular flexibility index (Phi) is 4.10. The predicted molar refractivity (Wildman–Crippen MR) is 76.2 cm³/mol. The van der Waals surface area contributed by atoms with Gasteiger partial charge in [0.1, 0.15) is 0 Å². The van der Waals surface area contributed by atoms with E-state index in [1.165, 1.54) is 4.88 Å². The lowest BCUT2D eigenvalue weighted by molar-refractivity contribution is 0.894. The Labute approximate surface area is 115 Å². The van der Waals surface area contributed by atoms with Crippen LogP contribution in [0.3, 0.4) is 0 Å². The minimum absolute atomic E-state index is 0.130. The minimum atomic E-state index is -0.130. The molecule has 0 aliphatic heterocycles. The highest BCUT2D eigenvalue weighted by Gasteiger charge is 2.12. The number of benzene rings is 1. The first-order valence-electron chi connectivity index (χ1n) is 5.41. The van der Waals surface area contributed by atoms with Gasteiger partial charge in [-0.15, -0.1) is 11.3 Å². The zero-order chi connectivity index (χ0) is 12.4. The maximum atomic E-state index is 6.21. The van der Waals surface area contributed by atoms with Crippen molar-refractivity contribution in [2.24, 2.45) is 5.73 Å². The molecule has 17 heavy (non-hydrogen) atoms. The first-order valence-corrected chi connectivity index (χ1v) is 6.98. The van der Waals surface area contributed by atoms with Crippen LogP contribution in [0.4, 0.5) is 0 Å². The van der Waals surface area contributed by atoms with Crippen molar-refractivity contribution in [1.82, 2.24) is 0 Å². The molecular weight excluding hydrogens is 273 g/mol. The summed E-state index contributed by atoms with van der Waals surface area (Å²) < 4.78 is 0. The summed E-state index contributed by atoms with van der Waals surface area (Å²) in [6.45, 7) is 2.14. The minimum Gasteiger partial charge on any atom is -0.320 e. The maximum Gasteiger partial charge on any atom is 0.0646 e. The summed E-state index contributed by atoms with van der Waals surface area (Å²) in [7, 11) is 0. The molecule has 90 valence electrons. The van der Waals surface area contributed by atoms with Gasteiger partial charge in [0.2, 0.25) is 0 Å². The van der Waals surface area contributed by atoms with Crippen molar-refractivity contribution in [2.45, 2.75) is 19.4 Å². The van der Waals surface area contributed by atoms with Crippen LogP contribution < -0.4 is 5.73 Å². The summed E-state index contributed by atoms with van der Waals surface area (Å²) in [5, 5.41) is 1.11. The van der Waals surface area contributed by atoms with Crippen LogP contribution in [0, 0.1) is 0 Å². The highest BCUT2D eigenvalue weighted by atomic mass is 35.5. The van der Waals surface area contributed by atoms with Crippen LogP contribution >= 0.6 is 34.5 Å². The topological polar surface area (TPSA) is 26.0 Å². The lowest BCUT2D eigenvalue weighted by Crippen LogP contribution is -2.09. The van der Waals surface area contributed by atoms with Gasteiger partial charge >= 0.3 is 0 Å². The van der Waals surface area contributed by atoms with Crippen LogP contribution in [0.1, 0.15) is 28.3 Å². The van der Waals surface area contributed by atoms with Gasteiger partial charge in [0.25, 0.3) is 0 Å². The average molecular weight is 286 g/mol. The molecule has 1 nitrogen and oxygen atoms in total. The van der Waals surface area contributed by atoms with E-state index in [2.05, 4.69) is 19.1 Å². The molecule has 0 fully saturated rings. The van der Waals surface area contributed by atoms with E-state index in [1.807, 2.05) is 12.1 Å². The van der Waals surface area contributed by atoms with Gasteiger partial charge in [-0.3, -0.25) is 0 Å². The van der Waals surface area contributed by atoms with Gasteiger partial charge in [0, 0.05) is 9.75 Å². The molecule has 2 N–H and O–H groups in total. The largest absolute Gasteiger partial charge is 0.320 e. The van der Waals surface area contributed by atoms with E-state index in [0.29, 0.717) is 10.0 Å². The van der Waals surface area contributed by atoms with E-state index in [4.69, 9.17) is 28.9 Å². The number of hydrogen-bond acceptors (Lipinski definition) is 2. The van der Waals surface area contributed by atoms with Gasteiger partial charge < -0.3 is 5.73 Å². The van der Waals surface area contributed by atoms with E-state index >= 15 is 0 Å². The van der Waals surface area contributed by atoms with Crippen LogP contribution in [0.25, 0.3) is 0 Å². The van der Waals surface area contributed by atoms with Crippen molar-refractivity contribution < 1.29 is 0 Å². The van der Waals surface area contributed by atoms with E-state index in [-0.39, 0.29) is 6.04 Å². The molecule has 4 heteroatoms. The van der Waals surface area contributed by atoms with Gasteiger partial charge in [-0.1, -0.05) is 36.2 Å². The molecule has 0 bridgehead atoms. The Morgan fingerprint density at radius 3 is 2.53 bits per heavy atom. The second-order valence-corrected chi connectivity index (χ2v) is 5.82. The Morgan fingerprint density at radius 1 is 1.18 bits per heavy atom. The summed E-state index contributed by atoms with van der Waals surface area (Å²) >= 11 is 13.6. The normalized spacial score (nSPS) is 12.7. The summed E-state index contributed by atoms with van der Waals surface area (Å²) in [6, 6.07) is 9.61. The quantitative estimate of drug-likeness (QED) is 0.872. The molecule has 1 aromatic carbocycles. The average Bonchev–Trinajstić information content (AvgIpc) is 2.80. The first kappa shape index (κ1) is 12.9. The Balaban J connectivity index is 2.29. The zero-order valence-electron chi connectivity index (χ0n) is 9.41. The number of halogens is 2. The Bertz CT molecular complexity index is 522. The first-order chi connectivity index (χ1) is 8.11. The summed E-state index contributed by atoms with van der Waals surface area (Å²) in [5.41, 5.74) is 7.20. The summed E-state index contributed by atoms with van der Waals surface area (Å²) in [4.78, 5) is 2.50. The van der Waals surface area contributed by atoms with Crippen LogP contribution in [-0.2, 0) is 6.42 Å². The van der Waals surface area contributed by atoms with Crippen LogP contribution in [0.2, 0.25) is 10.0 Å². The summed E-state index contributed by atoms with van der Waals surface area (Å²) in [6.07, 6.45) is 1.04. The second kappa shape index (κ2) is 5.40. The fourth-order valence-corrected chi connectivity index (χ4v) is 2.91.